The Morgan fingerprint density at radius 3 is 2.39 bits per heavy atom. The summed E-state index contributed by atoms with van der Waals surface area (Å²) in [6, 6.07) is 21.6. The highest BCUT2D eigenvalue weighted by molar-refractivity contribution is 7.90. The number of benzene rings is 3. The summed E-state index contributed by atoms with van der Waals surface area (Å²) >= 11 is 1.29. The molecule has 6 nitrogen and oxygen atoms in total. The van der Waals surface area contributed by atoms with Gasteiger partial charge in [0.2, 0.25) is 0 Å². The van der Waals surface area contributed by atoms with Crippen molar-refractivity contribution in [3.8, 4) is 0 Å². The molecule has 3 aromatic carbocycles. The second kappa shape index (κ2) is 7.13. The van der Waals surface area contributed by atoms with Crippen molar-refractivity contribution in [2.24, 2.45) is 0 Å². The third-order valence-corrected chi connectivity index (χ3v) is 8.38. The molecule has 0 unspecified atom stereocenters. The van der Waals surface area contributed by atoms with E-state index in [0.717, 1.165) is 22.0 Å². The topological polar surface area (TPSA) is 73.4 Å². The van der Waals surface area contributed by atoms with E-state index in [1.54, 1.807) is 53.1 Å². The summed E-state index contributed by atoms with van der Waals surface area (Å²) in [7, 11) is -3.80. The van der Waals surface area contributed by atoms with Crippen LogP contribution >= 0.6 is 11.3 Å². The Kier molecular flexibility index (Phi) is 4.30. The highest BCUT2D eigenvalue weighted by atomic mass is 32.2. The molecule has 0 aliphatic carbocycles. The van der Waals surface area contributed by atoms with Crippen LogP contribution in [0, 0.1) is 6.92 Å². The molecule has 3 heterocycles. The van der Waals surface area contributed by atoms with Gasteiger partial charge in [-0.2, -0.15) is 0 Å². The van der Waals surface area contributed by atoms with Crippen molar-refractivity contribution in [1.29, 1.82) is 0 Å². The Bertz CT molecular complexity index is 1910. The van der Waals surface area contributed by atoms with Crippen LogP contribution in [0.2, 0.25) is 0 Å². The first-order valence-electron chi connectivity index (χ1n) is 10.3. The van der Waals surface area contributed by atoms with E-state index in [1.807, 2.05) is 43.3 Å². The molecular weight excluding hydrogens is 454 g/mol. The fourth-order valence-corrected chi connectivity index (χ4v) is 6.42. The van der Waals surface area contributed by atoms with Gasteiger partial charge in [-0.15, -0.1) is 0 Å². The molecular formula is C25H17N3O3S2. The number of thiazole rings is 1. The third kappa shape index (κ3) is 3.02. The average molecular weight is 472 g/mol. The minimum Gasteiger partial charge on any atom is -0.267 e. The molecule has 0 fully saturated rings. The molecule has 0 atom stereocenters. The van der Waals surface area contributed by atoms with Crippen molar-refractivity contribution < 1.29 is 8.42 Å². The van der Waals surface area contributed by atoms with Crippen molar-refractivity contribution >= 4 is 54.3 Å². The van der Waals surface area contributed by atoms with Gasteiger partial charge in [0.1, 0.15) is 0 Å². The second-order valence-electron chi connectivity index (χ2n) is 7.85. The van der Waals surface area contributed by atoms with Crippen LogP contribution in [0.5, 0.6) is 0 Å². The monoisotopic (exact) mass is 471 g/mol. The molecule has 33 heavy (non-hydrogen) atoms. The molecule has 0 bridgehead atoms. The maximum Gasteiger partial charge on any atom is 0.274 e. The minimum absolute atomic E-state index is 0.165. The second-order valence-corrected chi connectivity index (χ2v) is 10.7. The normalized spacial score (nSPS) is 12.9. The van der Waals surface area contributed by atoms with E-state index in [1.165, 1.54) is 15.3 Å². The van der Waals surface area contributed by atoms with Crippen LogP contribution in [0.1, 0.15) is 11.1 Å². The van der Waals surface area contributed by atoms with Gasteiger partial charge in [-0.25, -0.2) is 21.8 Å². The van der Waals surface area contributed by atoms with E-state index in [-0.39, 0.29) is 10.5 Å². The van der Waals surface area contributed by atoms with Crippen LogP contribution in [0.3, 0.4) is 0 Å². The summed E-state index contributed by atoms with van der Waals surface area (Å²) in [5, 5.41) is 0.753. The van der Waals surface area contributed by atoms with E-state index in [0.29, 0.717) is 20.6 Å². The van der Waals surface area contributed by atoms with Gasteiger partial charge in [-0.05, 0) is 43.3 Å². The van der Waals surface area contributed by atoms with Crippen LogP contribution in [-0.4, -0.2) is 21.8 Å². The Morgan fingerprint density at radius 1 is 0.909 bits per heavy atom. The highest BCUT2D eigenvalue weighted by Crippen LogP contribution is 2.27. The quantitative estimate of drug-likeness (QED) is 0.392. The van der Waals surface area contributed by atoms with E-state index in [9.17, 15) is 13.2 Å². The number of aromatic nitrogens is 3. The molecule has 0 N–H and O–H groups in total. The van der Waals surface area contributed by atoms with Gasteiger partial charge >= 0.3 is 0 Å². The molecule has 8 heteroatoms. The third-order valence-electron chi connectivity index (χ3n) is 5.72. The number of fused-ring (bicyclic) bond motifs is 4. The zero-order valence-electron chi connectivity index (χ0n) is 17.5. The molecule has 162 valence electrons. The SMILES string of the molecule is Cc1ccc(S(=O)(=O)n2cc(C=c3sc4nc5ccccc5n4c3=O)c3ccccc32)cc1. The van der Waals surface area contributed by atoms with Crippen LogP contribution in [0.25, 0.3) is 33.0 Å². The number of imidazole rings is 1. The van der Waals surface area contributed by atoms with Gasteiger partial charge in [-0.3, -0.25) is 4.79 Å². The predicted molar refractivity (Wildman–Crippen MR) is 131 cm³/mol. The van der Waals surface area contributed by atoms with Crippen LogP contribution in [0.15, 0.2) is 88.7 Å². The van der Waals surface area contributed by atoms with Gasteiger partial charge in [0.25, 0.3) is 15.6 Å². The Hall–Kier alpha value is -3.75. The summed E-state index contributed by atoms with van der Waals surface area (Å²) in [4.78, 5) is 18.6. The van der Waals surface area contributed by atoms with Crippen LogP contribution in [-0.2, 0) is 10.0 Å². The maximum absolute atomic E-state index is 13.4. The zero-order valence-corrected chi connectivity index (χ0v) is 19.1. The van der Waals surface area contributed by atoms with Crippen LogP contribution < -0.4 is 10.1 Å². The summed E-state index contributed by atoms with van der Waals surface area (Å²) in [5.74, 6) is 0. The lowest BCUT2D eigenvalue weighted by Crippen LogP contribution is -2.22. The number of aryl methyl sites for hydroxylation is 1. The van der Waals surface area contributed by atoms with Crippen molar-refractivity contribution in [3.05, 3.63) is 105 Å². The molecule has 0 aliphatic rings. The van der Waals surface area contributed by atoms with Gasteiger partial charge in [0, 0.05) is 17.1 Å². The smallest absolute Gasteiger partial charge is 0.267 e. The summed E-state index contributed by atoms with van der Waals surface area (Å²) in [5.41, 5.74) is 3.57. The number of hydrogen-bond donors (Lipinski definition) is 0. The number of nitrogens with zero attached hydrogens (tertiary/aromatic N) is 3. The zero-order chi connectivity index (χ0) is 22.7. The van der Waals surface area contributed by atoms with E-state index in [2.05, 4.69) is 4.98 Å². The summed E-state index contributed by atoms with van der Waals surface area (Å²) < 4.78 is 30.2. The first-order chi connectivity index (χ1) is 15.9. The molecule has 0 amide bonds. The van der Waals surface area contributed by atoms with Crippen LogP contribution in [0.4, 0.5) is 0 Å². The predicted octanol–water partition coefficient (Wildman–Crippen LogP) is 3.96. The van der Waals surface area contributed by atoms with Crippen molar-refractivity contribution in [3.63, 3.8) is 0 Å². The molecule has 6 aromatic rings. The molecule has 3 aromatic heterocycles. The molecule has 0 saturated heterocycles. The average Bonchev–Trinajstić information content (AvgIpc) is 3.46. The van der Waals surface area contributed by atoms with Gasteiger partial charge in [0.05, 0.1) is 26.0 Å². The van der Waals surface area contributed by atoms with Gasteiger partial charge < -0.3 is 0 Å². The first-order valence-corrected chi connectivity index (χ1v) is 12.5. The number of hydrogen-bond acceptors (Lipinski definition) is 5. The number of rotatable bonds is 3. The maximum atomic E-state index is 13.4. The molecule has 0 spiro atoms. The Labute approximate surface area is 192 Å². The highest BCUT2D eigenvalue weighted by Gasteiger charge is 2.21. The van der Waals surface area contributed by atoms with E-state index < -0.39 is 10.0 Å². The van der Waals surface area contributed by atoms with Gasteiger partial charge in [0.15, 0.2) is 4.96 Å². The fraction of sp³-hybridized carbons (Fsp3) is 0.0400. The summed E-state index contributed by atoms with van der Waals surface area (Å²) in [6.07, 6.45) is 3.33. The first kappa shape index (κ1) is 19.9. The standard InChI is InChI=1S/C25H17N3O3S2/c1-16-10-12-18(13-11-16)33(30,31)27-15-17(19-6-2-4-8-21(19)27)14-23-24(29)28-22-9-5-3-7-20(22)26-25(28)32-23/h2-15H,1H3. The van der Waals surface area contributed by atoms with Crippen molar-refractivity contribution in [2.75, 3.05) is 0 Å². The molecule has 6 rings (SSSR count). The van der Waals surface area contributed by atoms with E-state index >= 15 is 0 Å². The Balaban J connectivity index is 1.59. The molecule has 0 radical (unpaired) electrons. The Morgan fingerprint density at radius 2 is 1.61 bits per heavy atom. The number of para-hydroxylation sites is 3. The minimum atomic E-state index is -3.80. The molecule has 0 saturated carbocycles. The lowest BCUT2D eigenvalue weighted by Gasteiger charge is -2.07. The summed E-state index contributed by atoms with van der Waals surface area (Å²) in [6.45, 7) is 1.91. The molecule has 0 aliphatic heterocycles. The van der Waals surface area contributed by atoms with Crippen molar-refractivity contribution in [2.45, 2.75) is 11.8 Å². The van der Waals surface area contributed by atoms with E-state index in [4.69, 9.17) is 0 Å². The fourth-order valence-electron chi connectivity index (χ4n) is 4.07. The van der Waals surface area contributed by atoms with Crippen molar-refractivity contribution in [1.82, 2.24) is 13.4 Å². The van der Waals surface area contributed by atoms with Gasteiger partial charge in [-0.1, -0.05) is 59.4 Å². The lowest BCUT2D eigenvalue weighted by atomic mass is 10.2. The largest absolute Gasteiger partial charge is 0.274 e. The lowest BCUT2D eigenvalue weighted by molar-refractivity contribution is 0.589.